The predicted octanol–water partition coefficient (Wildman–Crippen LogP) is 0.834. The van der Waals surface area contributed by atoms with Gasteiger partial charge in [-0.05, 0) is 31.2 Å². The van der Waals surface area contributed by atoms with Crippen molar-refractivity contribution in [2.24, 2.45) is 0 Å². The molecule has 0 spiro atoms. The Bertz CT molecular complexity index is 641. The van der Waals surface area contributed by atoms with Crippen LogP contribution >= 0.6 is 11.3 Å². The highest BCUT2D eigenvalue weighted by molar-refractivity contribution is 7.91. The summed E-state index contributed by atoms with van der Waals surface area (Å²) in [5.74, 6) is -1.55. The van der Waals surface area contributed by atoms with Gasteiger partial charge in [-0.2, -0.15) is 4.31 Å². The van der Waals surface area contributed by atoms with Gasteiger partial charge in [-0.25, -0.2) is 8.42 Å². The summed E-state index contributed by atoms with van der Waals surface area (Å²) in [6.07, 6.45) is 1.01. The van der Waals surface area contributed by atoms with Crippen molar-refractivity contribution in [1.29, 1.82) is 0 Å². The summed E-state index contributed by atoms with van der Waals surface area (Å²) < 4.78 is 26.6. The Labute approximate surface area is 133 Å². The number of aliphatic carboxylic acids is 1. The van der Waals surface area contributed by atoms with E-state index in [2.05, 4.69) is 0 Å². The zero-order chi connectivity index (χ0) is 16.3. The second kappa shape index (κ2) is 6.76. The molecule has 0 saturated carbocycles. The van der Waals surface area contributed by atoms with Crippen molar-refractivity contribution < 1.29 is 23.1 Å². The molecule has 2 rings (SSSR count). The first-order chi connectivity index (χ1) is 10.4. The molecule has 1 unspecified atom stereocenters. The van der Waals surface area contributed by atoms with Crippen molar-refractivity contribution in [1.82, 2.24) is 9.21 Å². The van der Waals surface area contributed by atoms with Gasteiger partial charge in [-0.15, -0.1) is 11.3 Å². The number of carboxylic acid groups (broad SMARTS) is 1. The summed E-state index contributed by atoms with van der Waals surface area (Å²) in [7, 11) is -3.70. The minimum Gasteiger partial charge on any atom is -0.480 e. The number of rotatable bonds is 6. The summed E-state index contributed by atoms with van der Waals surface area (Å²) >= 11 is 1.11. The lowest BCUT2D eigenvalue weighted by Crippen LogP contribution is -2.48. The van der Waals surface area contributed by atoms with Crippen molar-refractivity contribution in [3.63, 3.8) is 0 Å². The summed E-state index contributed by atoms with van der Waals surface area (Å²) in [4.78, 5) is 24.5. The van der Waals surface area contributed by atoms with E-state index in [9.17, 15) is 18.0 Å². The topological polar surface area (TPSA) is 95.0 Å². The summed E-state index contributed by atoms with van der Waals surface area (Å²) in [5, 5.41) is 10.5. The van der Waals surface area contributed by atoms with Crippen molar-refractivity contribution >= 4 is 33.2 Å². The van der Waals surface area contributed by atoms with Gasteiger partial charge < -0.3 is 10.0 Å². The Hall–Kier alpha value is -1.45. The smallest absolute Gasteiger partial charge is 0.323 e. The molecule has 0 aromatic carbocycles. The highest BCUT2D eigenvalue weighted by Gasteiger charge is 2.41. The quantitative estimate of drug-likeness (QED) is 0.823. The van der Waals surface area contributed by atoms with Crippen LogP contribution in [0, 0.1) is 0 Å². The molecule has 9 heteroatoms. The maximum Gasteiger partial charge on any atom is 0.323 e. The van der Waals surface area contributed by atoms with Gasteiger partial charge in [0.1, 0.15) is 16.8 Å². The molecule has 1 aliphatic heterocycles. The Kier molecular flexibility index (Phi) is 5.20. The van der Waals surface area contributed by atoms with Gasteiger partial charge >= 0.3 is 5.97 Å². The molecule has 1 aromatic heterocycles. The number of hydrogen-bond donors (Lipinski definition) is 1. The van der Waals surface area contributed by atoms with Crippen molar-refractivity contribution in [2.45, 2.75) is 30.0 Å². The lowest BCUT2D eigenvalue weighted by molar-refractivity contribution is -0.145. The number of sulfonamides is 1. The van der Waals surface area contributed by atoms with Crippen LogP contribution in [-0.4, -0.2) is 60.3 Å². The first kappa shape index (κ1) is 16.9. The summed E-state index contributed by atoms with van der Waals surface area (Å²) in [5.41, 5.74) is 0. The monoisotopic (exact) mass is 346 g/mol. The number of carboxylic acids is 1. The molecule has 1 aromatic rings. The maximum atomic E-state index is 12.6. The van der Waals surface area contributed by atoms with Crippen LogP contribution in [0.25, 0.3) is 0 Å². The fourth-order valence-electron chi connectivity index (χ4n) is 2.52. The maximum absolute atomic E-state index is 12.6. The van der Waals surface area contributed by atoms with Gasteiger partial charge in [0.05, 0.1) is 0 Å². The lowest BCUT2D eigenvalue weighted by Gasteiger charge is -2.27. The molecule has 2 heterocycles. The van der Waals surface area contributed by atoms with Gasteiger partial charge in [0.15, 0.2) is 0 Å². The van der Waals surface area contributed by atoms with Gasteiger partial charge in [-0.1, -0.05) is 6.07 Å². The van der Waals surface area contributed by atoms with Crippen LogP contribution in [0.4, 0.5) is 0 Å². The molecule has 22 heavy (non-hydrogen) atoms. The van der Waals surface area contributed by atoms with Crippen LogP contribution in [0.15, 0.2) is 21.7 Å². The molecule has 1 amide bonds. The van der Waals surface area contributed by atoms with E-state index in [1.165, 1.54) is 15.3 Å². The van der Waals surface area contributed by atoms with Crippen molar-refractivity contribution in [2.75, 3.05) is 19.6 Å². The number of likely N-dealkylation sites (N-methyl/N-ethyl adjacent to an activating group) is 1. The molecule has 122 valence electrons. The molecule has 0 radical (unpaired) electrons. The SMILES string of the molecule is CCN(CC(=O)O)C(=O)C1CCCN1S(=O)(=O)c1cccs1. The summed E-state index contributed by atoms with van der Waals surface area (Å²) in [6, 6.07) is 2.34. The molecule has 1 atom stereocenters. The highest BCUT2D eigenvalue weighted by atomic mass is 32.2. The van der Waals surface area contributed by atoms with Crippen LogP contribution < -0.4 is 0 Å². The third-order valence-electron chi connectivity index (χ3n) is 3.57. The number of hydrogen-bond acceptors (Lipinski definition) is 5. The van der Waals surface area contributed by atoms with E-state index in [0.717, 1.165) is 11.3 Å². The molecule has 0 bridgehead atoms. The fourth-order valence-corrected chi connectivity index (χ4v) is 5.29. The number of nitrogens with zero attached hydrogens (tertiary/aromatic N) is 2. The Morgan fingerprint density at radius 3 is 2.77 bits per heavy atom. The zero-order valence-corrected chi connectivity index (χ0v) is 13.8. The molecule has 0 aliphatic carbocycles. The fraction of sp³-hybridized carbons (Fsp3) is 0.538. The van der Waals surface area contributed by atoms with Gasteiger partial charge in [0.25, 0.3) is 10.0 Å². The average molecular weight is 346 g/mol. The Balaban J connectivity index is 2.23. The predicted molar refractivity (Wildman–Crippen MR) is 81.1 cm³/mol. The highest BCUT2D eigenvalue weighted by Crippen LogP contribution is 2.29. The van der Waals surface area contributed by atoms with Crippen LogP contribution in [0.2, 0.25) is 0 Å². The molecule has 1 aliphatic rings. The van der Waals surface area contributed by atoms with Crippen LogP contribution in [-0.2, 0) is 19.6 Å². The van der Waals surface area contributed by atoms with Gasteiger partial charge in [0, 0.05) is 13.1 Å². The molecule has 1 N–H and O–H groups in total. The Morgan fingerprint density at radius 2 is 2.23 bits per heavy atom. The lowest BCUT2D eigenvalue weighted by atomic mass is 10.2. The molecule has 7 nitrogen and oxygen atoms in total. The third-order valence-corrected chi connectivity index (χ3v) is 6.85. The van der Waals surface area contributed by atoms with E-state index in [4.69, 9.17) is 5.11 Å². The first-order valence-electron chi connectivity index (χ1n) is 6.94. The van der Waals surface area contributed by atoms with E-state index < -0.39 is 34.5 Å². The van der Waals surface area contributed by atoms with Crippen LogP contribution in [0.1, 0.15) is 19.8 Å². The zero-order valence-electron chi connectivity index (χ0n) is 12.1. The number of carbonyl (C=O) groups is 2. The van der Waals surface area contributed by atoms with Crippen molar-refractivity contribution in [3.8, 4) is 0 Å². The number of thiophene rings is 1. The molecular formula is C13H18N2O5S2. The van der Waals surface area contributed by atoms with Gasteiger partial charge in [-0.3, -0.25) is 9.59 Å². The molecule has 1 saturated heterocycles. The largest absolute Gasteiger partial charge is 0.480 e. The van der Waals surface area contributed by atoms with E-state index >= 15 is 0 Å². The second-order valence-corrected chi connectivity index (χ2v) is 8.02. The minimum atomic E-state index is -3.70. The van der Waals surface area contributed by atoms with Crippen molar-refractivity contribution in [3.05, 3.63) is 17.5 Å². The normalized spacial score (nSPS) is 19.2. The Morgan fingerprint density at radius 1 is 1.50 bits per heavy atom. The summed E-state index contributed by atoms with van der Waals surface area (Å²) in [6.45, 7) is 1.77. The van der Waals surface area contributed by atoms with E-state index in [0.29, 0.717) is 12.8 Å². The number of amides is 1. The molecular weight excluding hydrogens is 328 g/mol. The minimum absolute atomic E-state index is 0.202. The average Bonchev–Trinajstić information content (AvgIpc) is 3.13. The number of carbonyl (C=O) groups excluding carboxylic acids is 1. The van der Waals surface area contributed by atoms with Crippen LogP contribution in [0.3, 0.4) is 0 Å². The third kappa shape index (κ3) is 3.31. The van der Waals surface area contributed by atoms with Crippen LogP contribution in [0.5, 0.6) is 0 Å². The standard InChI is InChI=1S/C13H18N2O5S2/c1-2-14(9-11(16)17)13(18)10-5-3-7-15(10)22(19,20)12-6-4-8-21-12/h4,6,8,10H,2-3,5,7,9H2,1H3,(H,16,17). The first-order valence-corrected chi connectivity index (χ1v) is 9.25. The van der Waals surface area contributed by atoms with E-state index in [1.54, 1.807) is 18.4 Å². The van der Waals surface area contributed by atoms with Gasteiger partial charge in [0.2, 0.25) is 5.91 Å². The molecule has 1 fully saturated rings. The van der Waals surface area contributed by atoms with E-state index in [1.807, 2.05) is 0 Å². The second-order valence-electron chi connectivity index (χ2n) is 4.95. The van der Waals surface area contributed by atoms with E-state index in [-0.39, 0.29) is 17.3 Å².